The lowest BCUT2D eigenvalue weighted by Gasteiger charge is -2.19. The lowest BCUT2D eigenvalue weighted by atomic mass is 10.2. The van der Waals surface area contributed by atoms with Crippen molar-refractivity contribution in [3.8, 4) is 0 Å². The van der Waals surface area contributed by atoms with Gasteiger partial charge in [-0.3, -0.25) is 10.1 Å². The standard InChI is InChI=1S/C15H22N2O3S/c1-11(18)16-8-6-5-7-12-9-13(21-10-12)17-14(19)20-15(2,3)4/h5,7,9-10H,6,8H2,1-4H3,(H,16,18)(H,17,19). The second-order valence-electron chi connectivity index (χ2n) is 5.55. The molecule has 0 saturated carbocycles. The number of nitrogens with one attached hydrogen (secondary N) is 2. The van der Waals surface area contributed by atoms with Crippen LogP contribution in [-0.2, 0) is 9.53 Å². The molecule has 0 aliphatic heterocycles. The van der Waals surface area contributed by atoms with Crippen LogP contribution in [0.15, 0.2) is 17.5 Å². The Labute approximate surface area is 129 Å². The first kappa shape index (κ1) is 17.2. The van der Waals surface area contributed by atoms with E-state index in [2.05, 4.69) is 10.6 Å². The lowest BCUT2D eigenvalue weighted by Crippen LogP contribution is -2.26. The van der Waals surface area contributed by atoms with Crippen LogP contribution < -0.4 is 10.6 Å². The number of anilines is 1. The Morgan fingerprint density at radius 3 is 2.71 bits per heavy atom. The minimum atomic E-state index is -0.506. The number of hydrogen-bond acceptors (Lipinski definition) is 4. The highest BCUT2D eigenvalue weighted by atomic mass is 32.1. The first-order valence-electron chi connectivity index (χ1n) is 6.76. The first-order chi connectivity index (χ1) is 9.76. The van der Waals surface area contributed by atoms with Gasteiger partial charge < -0.3 is 10.1 Å². The summed E-state index contributed by atoms with van der Waals surface area (Å²) in [4.78, 5) is 22.3. The topological polar surface area (TPSA) is 67.4 Å². The van der Waals surface area contributed by atoms with Crippen LogP contribution in [0.4, 0.5) is 9.80 Å². The van der Waals surface area contributed by atoms with E-state index in [4.69, 9.17) is 4.74 Å². The molecule has 0 aromatic carbocycles. The molecule has 1 rings (SSSR count). The van der Waals surface area contributed by atoms with E-state index in [1.165, 1.54) is 18.3 Å². The number of carbonyl (C=O) groups is 2. The van der Waals surface area contributed by atoms with Gasteiger partial charge in [0.25, 0.3) is 0 Å². The Hall–Kier alpha value is -1.82. The van der Waals surface area contributed by atoms with Gasteiger partial charge in [0.05, 0.1) is 5.00 Å². The Kier molecular flexibility index (Phi) is 6.42. The van der Waals surface area contributed by atoms with Gasteiger partial charge >= 0.3 is 6.09 Å². The zero-order valence-corrected chi connectivity index (χ0v) is 13.7. The summed E-state index contributed by atoms with van der Waals surface area (Å²) in [7, 11) is 0. The molecule has 0 spiro atoms. The average Bonchev–Trinajstić information content (AvgIpc) is 2.73. The summed E-state index contributed by atoms with van der Waals surface area (Å²) < 4.78 is 5.18. The van der Waals surface area contributed by atoms with Crippen LogP contribution in [0.25, 0.3) is 6.08 Å². The van der Waals surface area contributed by atoms with Crippen molar-refractivity contribution in [3.63, 3.8) is 0 Å². The van der Waals surface area contributed by atoms with E-state index in [9.17, 15) is 9.59 Å². The third kappa shape index (κ3) is 8.14. The second-order valence-corrected chi connectivity index (χ2v) is 6.46. The van der Waals surface area contributed by atoms with Gasteiger partial charge in [0.15, 0.2) is 0 Å². The summed E-state index contributed by atoms with van der Waals surface area (Å²) in [5.41, 5.74) is 0.502. The van der Waals surface area contributed by atoms with Crippen molar-refractivity contribution in [1.82, 2.24) is 5.32 Å². The van der Waals surface area contributed by atoms with Crippen molar-refractivity contribution >= 4 is 34.4 Å². The maximum absolute atomic E-state index is 11.6. The van der Waals surface area contributed by atoms with Crippen molar-refractivity contribution in [2.24, 2.45) is 0 Å². The molecule has 0 radical (unpaired) electrons. The van der Waals surface area contributed by atoms with E-state index < -0.39 is 11.7 Å². The summed E-state index contributed by atoms with van der Waals surface area (Å²) in [6.07, 6.45) is 4.25. The van der Waals surface area contributed by atoms with E-state index in [0.717, 1.165) is 17.0 Å². The van der Waals surface area contributed by atoms with E-state index in [1.54, 1.807) is 0 Å². The van der Waals surface area contributed by atoms with Crippen LogP contribution in [0.1, 0.15) is 39.7 Å². The van der Waals surface area contributed by atoms with Crippen molar-refractivity contribution in [2.45, 2.75) is 39.7 Å². The zero-order chi connectivity index (χ0) is 15.9. The van der Waals surface area contributed by atoms with E-state index >= 15 is 0 Å². The van der Waals surface area contributed by atoms with E-state index in [0.29, 0.717) is 6.54 Å². The van der Waals surface area contributed by atoms with Gasteiger partial charge in [-0.2, -0.15) is 0 Å². The largest absolute Gasteiger partial charge is 0.444 e. The Morgan fingerprint density at radius 2 is 2.10 bits per heavy atom. The monoisotopic (exact) mass is 310 g/mol. The molecule has 0 atom stereocenters. The Bertz CT molecular complexity index is 515. The fourth-order valence-corrected chi connectivity index (χ4v) is 2.22. The second kappa shape index (κ2) is 7.83. The van der Waals surface area contributed by atoms with Gasteiger partial charge in [0.1, 0.15) is 5.60 Å². The smallest absolute Gasteiger partial charge is 0.412 e. The molecule has 5 nitrogen and oxygen atoms in total. The summed E-state index contributed by atoms with van der Waals surface area (Å²) in [6, 6.07) is 1.88. The molecule has 0 aliphatic rings. The molecule has 0 saturated heterocycles. The quantitative estimate of drug-likeness (QED) is 0.816. The summed E-state index contributed by atoms with van der Waals surface area (Å²) in [5, 5.41) is 8.11. The molecule has 1 heterocycles. The van der Waals surface area contributed by atoms with Gasteiger partial charge in [0, 0.05) is 18.8 Å². The average molecular weight is 310 g/mol. The van der Waals surface area contributed by atoms with Crippen molar-refractivity contribution < 1.29 is 14.3 Å². The maximum atomic E-state index is 11.6. The summed E-state index contributed by atoms with van der Waals surface area (Å²) in [6.45, 7) is 7.59. The molecule has 2 N–H and O–H groups in total. The lowest BCUT2D eigenvalue weighted by molar-refractivity contribution is -0.118. The van der Waals surface area contributed by atoms with Gasteiger partial charge in [-0.1, -0.05) is 12.2 Å². The molecule has 1 aromatic heterocycles. The van der Waals surface area contributed by atoms with Crippen molar-refractivity contribution in [1.29, 1.82) is 0 Å². The minimum Gasteiger partial charge on any atom is -0.444 e. The van der Waals surface area contributed by atoms with Crippen LogP contribution in [0.2, 0.25) is 0 Å². The zero-order valence-electron chi connectivity index (χ0n) is 12.9. The fraction of sp³-hybridized carbons (Fsp3) is 0.467. The van der Waals surface area contributed by atoms with Crippen LogP contribution in [-0.4, -0.2) is 24.1 Å². The normalized spacial score (nSPS) is 11.4. The molecule has 21 heavy (non-hydrogen) atoms. The molecule has 0 unspecified atom stereocenters. The predicted octanol–water partition coefficient (Wildman–Crippen LogP) is 3.63. The summed E-state index contributed by atoms with van der Waals surface area (Å²) >= 11 is 1.44. The summed E-state index contributed by atoms with van der Waals surface area (Å²) in [5.74, 6) is -0.0252. The highest BCUT2D eigenvalue weighted by molar-refractivity contribution is 7.14. The van der Waals surface area contributed by atoms with Gasteiger partial charge in [-0.05, 0) is 38.8 Å². The molecule has 6 heteroatoms. The molecule has 2 amide bonds. The number of rotatable bonds is 5. The molecule has 0 bridgehead atoms. The van der Waals surface area contributed by atoms with Gasteiger partial charge in [-0.25, -0.2) is 4.79 Å². The van der Waals surface area contributed by atoms with Crippen molar-refractivity contribution in [3.05, 3.63) is 23.1 Å². The number of carbonyl (C=O) groups excluding carboxylic acids is 2. The molecular weight excluding hydrogens is 288 g/mol. The minimum absolute atomic E-state index is 0.0252. The number of amides is 2. The van der Waals surface area contributed by atoms with Gasteiger partial charge in [0.2, 0.25) is 5.91 Å². The molecule has 1 aromatic rings. The van der Waals surface area contributed by atoms with E-state index in [1.807, 2.05) is 44.4 Å². The van der Waals surface area contributed by atoms with Crippen molar-refractivity contribution in [2.75, 3.05) is 11.9 Å². The van der Waals surface area contributed by atoms with Gasteiger partial charge in [-0.15, -0.1) is 11.3 Å². The number of thiophene rings is 1. The van der Waals surface area contributed by atoms with E-state index in [-0.39, 0.29) is 5.91 Å². The molecule has 0 aliphatic carbocycles. The Balaban J connectivity index is 2.41. The first-order valence-corrected chi connectivity index (χ1v) is 7.64. The molecule has 116 valence electrons. The third-order valence-electron chi connectivity index (χ3n) is 2.24. The molecular formula is C15H22N2O3S. The van der Waals surface area contributed by atoms with Crippen LogP contribution >= 0.6 is 11.3 Å². The number of hydrogen-bond donors (Lipinski definition) is 2. The number of ether oxygens (including phenoxy) is 1. The predicted molar refractivity (Wildman–Crippen MR) is 86.5 cm³/mol. The van der Waals surface area contributed by atoms with Crippen LogP contribution in [0.3, 0.4) is 0 Å². The van der Waals surface area contributed by atoms with Crippen LogP contribution in [0.5, 0.6) is 0 Å². The Morgan fingerprint density at radius 1 is 1.38 bits per heavy atom. The fourth-order valence-electron chi connectivity index (χ4n) is 1.46. The van der Waals surface area contributed by atoms with Crippen LogP contribution in [0, 0.1) is 0 Å². The third-order valence-corrected chi connectivity index (χ3v) is 3.10. The highest BCUT2D eigenvalue weighted by Gasteiger charge is 2.16. The highest BCUT2D eigenvalue weighted by Crippen LogP contribution is 2.22. The SMILES string of the molecule is CC(=O)NCCC=Cc1csc(NC(=O)OC(C)(C)C)c1. The maximum Gasteiger partial charge on any atom is 0.412 e. The molecule has 0 fully saturated rings.